The first kappa shape index (κ1) is 18.0. The van der Waals surface area contributed by atoms with Crippen molar-refractivity contribution in [2.75, 3.05) is 18.5 Å². The maximum atomic E-state index is 12.8. The Bertz CT molecular complexity index is 847. The van der Waals surface area contributed by atoms with Crippen molar-refractivity contribution >= 4 is 17.5 Å². The molecule has 5 heteroatoms. The molecule has 0 radical (unpaired) electrons. The number of carbonyl (C=O) groups is 2. The lowest BCUT2D eigenvalue weighted by atomic mass is 10.1. The standard InChI is InChI=1S/C21H24N2O3/c1-14-7-6-9-18(15(14)2)23-13-17(11-20(23)25)21(26)22(3)12-16-8-4-5-10-19(16)24/h4-10,17,24H,11-13H2,1-3H3. The van der Waals surface area contributed by atoms with Gasteiger partial charge in [-0.15, -0.1) is 0 Å². The van der Waals surface area contributed by atoms with Crippen molar-refractivity contribution < 1.29 is 14.7 Å². The van der Waals surface area contributed by atoms with Gasteiger partial charge in [-0.25, -0.2) is 0 Å². The van der Waals surface area contributed by atoms with Gasteiger partial charge in [-0.05, 0) is 37.1 Å². The molecular formula is C21H24N2O3. The first-order valence-electron chi connectivity index (χ1n) is 8.77. The van der Waals surface area contributed by atoms with Crippen LogP contribution in [0.4, 0.5) is 5.69 Å². The summed E-state index contributed by atoms with van der Waals surface area (Å²) < 4.78 is 0. The van der Waals surface area contributed by atoms with Crippen LogP contribution in [-0.4, -0.2) is 35.4 Å². The van der Waals surface area contributed by atoms with Crippen molar-refractivity contribution in [3.05, 3.63) is 59.2 Å². The second-order valence-electron chi connectivity index (χ2n) is 6.95. The van der Waals surface area contributed by atoms with E-state index < -0.39 is 0 Å². The van der Waals surface area contributed by atoms with E-state index in [9.17, 15) is 14.7 Å². The zero-order valence-electron chi connectivity index (χ0n) is 15.4. The number of phenols is 1. The number of benzene rings is 2. The van der Waals surface area contributed by atoms with Crippen molar-refractivity contribution in [3.8, 4) is 5.75 Å². The Morgan fingerprint density at radius 3 is 2.65 bits per heavy atom. The lowest BCUT2D eigenvalue weighted by Crippen LogP contribution is -2.34. The summed E-state index contributed by atoms with van der Waals surface area (Å²) in [5.41, 5.74) is 3.77. The van der Waals surface area contributed by atoms with Crippen LogP contribution in [0.2, 0.25) is 0 Å². The third-order valence-corrected chi connectivity index (χ3v) is 5.12. The van der Waals surface area contributed by atoms with Gasteiger partial charge in [-0.3, -0.25) is 9.59 Å². The summed E-state index contributed by atoms with van der Waals surface area (Å²) in [6.45, 7) is 4.73. The Labute approximate surface area is 153 Å². The van der Waals surface area contributed by atoms with Gasteiger partial charge in [-0.1, -0.05) is 30.3 Å². The van der Waals surface area contributed by atoms with Gasteiger partial charge in [-0.2, -0.15) is 0 Å². The smallest absolute Gasteiger partial charge is 0.228 e. The highest BCUT2D eigenvalue weighted by Crippen LogP contribution is 2.30. The number of hydrogen-bond donors (Lipinski definition) is 1. The molecule has 0 spiro atoms. The number of hydrogen-bond acceptors (Lipinski definition) is 3. The highest BCUT2D eigenvalue weighted by molar-refractivity contribution is 6.00. The Kier molecular flexibility index (Phi) is 4.98. The molecule has 0 saturated carbocycles. The first-order chi connectivity index (χ1) is 12.4. The highest BCUT2D eigenvalue weighted by Gasteiger charge is 2.37. The number of phenolic OH excluding ortho intramolecular Hbond substituents is 1. The van der Waals surface area contributed by atoms with Gasteiger partial charge in [0.2, 0.25) is 11.8 Å². The van der Waals surface area contributed by atoms with Crippen LogP contribution in [0.5, 0.6) is 5.75 Å². The third kappa shape index (κ3) is 3.43. The molecule has 1 fully saturated rings. The van der Waals surface area contributed by atoms with Gasteiger partial charge in [0, 0.05) is 37.8 Å². The van der Waals surface area contributed by atoms with Crippen LogP contribution in [0, 0.1) is 19.8 Å². The Balaban J connectivity index is 1.72. The number of amides is 2. The molecule has 1 aliphatic heterocycles. The van der Waals surface area contributed by atoms with Crippen molar-refractivity contribution in [2.45, 2.75) is 26.8 Å². The van der Waals surface area contributed by atoms with Gasteiger partial charge >= 0.3 is 0 Å². The second kappa shape index (κ2) is 7.20. The van der Waals surface area contributed by atoms with Crippen LogP contribution in [0.3, 0.4) is 0 Å². The number of carbonyl (C=O) groups excluding carboxylic acids is 2. The molecule has 5 nitrogen and oxygen atoms in total. The van der Waals surface area contributed by atoms with Crippen LogP contribution in [-0.2, 0) is 16.1 Å². The van der Waals surface area contributed by atoms with E-state index in [1.54, 1.807) is 35.0 Å². The van der Waals surface area contributed by atoms with Gasteiger partial charge in [0.15, 0.2) is 0 Å². The molecule has 136 valence electrons. The molecule has 1 N–H and O–H groups in total. The van der Waals surface area contributed by atoms with Crippen LogP contribution in [0.25, 0.3) is 0 Å². The van der Waals surface area contributed by atoms with Crippen molar-refractivity contribution in [1.82, 2.24) is 4.90 Å². The highest BCUT2D eigenvalue weighted by atomic mass is 16.3. The first-order valence-corrected chi connectivity index (χ1v) is 8.77. The molecule has 1 aliphatic rings. The van der Waals surface area contributed by atoms with E-state index in [-0.39, 0.29) is 29.9 Å². The molecule has 2 aromatic carbocycles. The van der Waals surface area contributed by atoms with Crippen molar-refractivity contribution in [2.24, 2.45) is 5.92 Å². The summed E-state index contributed by atoms with van der Waals surface area (Å²) in [5.74, 6) is -0.285. The molecule has 1 atom stereocenters. The minimum atomic E-state index is -0.363. The quantitative estimate of drug-likeness (QED) is 0.920. The Morgan fingerprint density at radius 2 is 1.92 bits per heavy atom. The summed E-state index contributed by atoms with van der Waals surface area (Å²) in [6.07, 6.45) is 0.220. The van der Waals surface area contributed by atoms with Crippen LogP contribution in [0.15, 0.2) is 42.5 Å². The van der Waals surface area contributed by atoms with E-state index in [2.05, 4.69) is 0 Å². The molecule has 2 amide bonds. The molecule has 1 unspecified atom stereocenters. The molecule has 0 aromatic heterocycles. The van der Waals surface area contributed by atoms with Gasteiger partial charge in [0.25, 0.3) is 0 Å². The molecule has 0 aliphatic carbocycles. The summed E-state index contributed by atoms with van der Waals surface area (Å²) in [6, 6.07) is 12.9. The topological polar surface area (TPSA) is 60.9 Å². The Hall–Kier alpha value is -2.82. The van der Waals surface area contributed by atoms with E-state index in [4.69, 9.17) is 0 Å². The van der Waals surface area contributed by atoms with E-state index in [0.717, 1.165) is 16.8 Å². The summed E-state index contributed by atoms with van der Waals surface area (Å²) in [4.78, 5) is 28.6. The lowest BCUT2D eigenvalue weighted by molar-refractivity contribution is -0.135. The zero-order valence-corrected chi connectivity index (χ0v) is 15.4. The zero-order chi connectivity index (χ0) is 18.8. The van der Waals surface area contributed by atoms with E-state index >= 15 is 0 Å². The van der Waals surface area contributed by atoms with Gasteiger partial charge < -0.3 is 14.9 Å². The molecule has 2 aromatic rings. The molecule has 1 heterocycles. The fourth-order valence-electron chi connectivity index (χ4n) is 3.42. The number of aromatic hydroxyl groups is 1. The van der Waals surface area contributed by atoms with Crippen LogP contribution < -0.4 is 4.90 Å². The normalized spacial score (nSPS) is 16.8. The molecule has 3 rings (SSSR count). The summed E-state index contributed by atoms with van der Waals surface area (Å²) in [5, 5.41) is 9.90. The molecule has 0 bridgehead atoms. The van der Waals surface area contributed by atoms with Crippen molar-refractivity contribution in [1.29, 1.82) is 0 Å². The lowest BCUT2D eigenvalue weighted by Gasteiger charge is -2.23. The fraction of sp³-hybridized carbons (Fsp3) is 0.333. The number of para-hydroxylation sites is 1. The number of nitrogens with zero attached hydrogens (tertiary/aromatic N) is 2. The average Bonchev–Trinajstić information content (AvgIpc) is 3.00. The number of rotatable bonds is 4. The maximum Gasteiger partial charge on any atom is 0.228 e. The largest absolute Gasteiger partial charge is 0.508 e. The second-order valence-corrected chi connectivity index (χ2v) is 6.95. The van der Waals surface area contributed by atoms with Crippen LogP contribution in [0.1, 0.15) is 23.1 Å². The molecule has 1 saturated heterocycles. The van der Waals surface area contributed by atoms with Crippen molar-refractivity contribution in [3.63, 3.8) is 0 Å². The van der Waals surface area contributed by atoms with Gasteiger partial charge in [0.1, 0.15) is 5.75 Å². The van der Waals surface area contributed by atoms with E-state index in [1.165, 1.54) is 0 Å². The molecule has 26 heavy (non-hydrogen) atoms. The minimum Gasteiger partial charge on any atom is -0.508 e. The summed E-state index contributed by atoms with van der Waals surface area (Å²) in [7, 11) is 1.71. The predicted octanol–water partition coefficient (Wildman–Crippen LogP) is 3.02. The summed E-state index contributed by atoms with van der Waals surface area (Å²) >= 11 is 0. The SMILES string of the molecule is Cc1cccc(N2CC(C(=O)N(C)Cc3ccccc3O)CC2=O)c1C. The number of aryl methyl sites for hydroxylation is 1. The Morgan fingerprint density at radius 1 is 1.19 bits per heavy atom. The maximum absolute atomic E-state index is 12.8. The van der Waals surface area contributed by atoms with Crippen LogP contribution >= 0.6 is 0 Å². The number of anilines is 1. The third-order valence-electron chi connectivity index (χ3n) is 5.12. The fourth-order valence-corrected chi connectivity index (χ4v) is 3.42. The average molecular weight is 352 g/mol. The van der Waals surface area contributed by atoms with E-state index in [1.807, 2.05) is 38.1 Å². The predicted molar refractivity (Wildman–Crippen MR) is 101 cm³/mol. The minimum absolute atomic E-state index is 0.0204. The van der Waals surface area contributed by atoms with Gasteiger partial charge in [0.05, 0.1) is 5.92 Å². The molecular weight excluding hydrogens is 328 g/mol. The van der Waals surface area contributed by atoms with E-state index in [0.29, 0.717) is 18.7 Å². The monoisotopic (exact) mass is 352 g/mol.